The Balaban J connectivity index is 2.37. The van der Waals surface area contributed by atoms with Crippen molar-refractivity contribution in [1.82, 2.24) is 19.7 Å². The fourth-order valence-corrected chi connectivity index (χ4v) is 1.86. The van der Waals surface area contributed by atoms with E-state index in [1.54, 1.807) is 18.3 Å². The van der Waals surface area contributed by atoms with Crippen LogP contribution in [0.25, 0.3) is 22.3 Å². The van der Waals surface area contributed by atoms with Crippen molar-refractivity contribution >= 4 is 10.9 Å². The van der Waals surface area contributed by atoms with Crippen LogP contribution in [0.3, 0.4) is 0 Å². The lowest BCUT2D eigenvalue weighted by molar-refractivity contribution is 0.630. The second-order valence-corrected chi connectivity index (χ2v) is 3.93. The number of hydrogen-bond acceptors (Lipinski definition) is 3. The topological polar surface area (TPSA) is 63.6 Å². The number of halogens is 1. The largest absolute Gasteiger partial charge is 0.343 e. The molecule has 1 aromatic carbocycles. The lowest BCUT2D eigenvalue weighted by Gasteiger charge is -2.02. The monoisotopic (exact) mass is 244 g/mol. The van der Waals surface area contributed by atoms with Crippen molar-refractivity contribution in [3.63, 3.8) is 0 Å². The van der Waals surface area contributed by atoms with Crippen molar-refractivity contribution in [2.24, 2.45) is 7.05 Å². The predicted molar refractivity (Wildman–Crippen MR) is 64.5 cm³/mol. The molecule has 3 aromatic rings. The second kappa shape index (κ2) is 3.76. The van der Waals surface area contributed by atoms with Crippen molar-refractivity contribution < 1.29 is 4.39 Å². The molecule has 0 amide bonds. The van der Waals surface area contributed by atoms with E-state index in [1.807, 2.05) is 0 Å². The molecule has 0 aliphatic heterocycles. The van der Waals surface area contributed by atoms with E-state index in [9.17, 15) is 9.18 Å². The molecule has 0 radical (unpaired) electrons. The molecule has 0 spiro atoms. The molecule has 90 valence electrons. The first-order chi connectivity index (χ1) is 8.65. The van der Waals surface area contributed by atoms with Gasteiger partial charge in [-0.2, -0.15) is 5.10 Å². The van der Waals surface area contributed by atoms with Gasteiger partial charge in [-0.25, -0.2) is 13.9 Å². The van der Waals surface area contributed by atoms with Crippen molar-refractivity contribution in [2.45, 2.75) is 0 Å². The summed E-state index contributed by atoms with van der Waals surface area (Å²) in [5.41, 5.74) is 0.731. The third-order valence-electron chi connectivity index (χ3n) is 2.69. The van der Waals surface area contributed by atoms with E-state index >= 15 is 0 Å². The number of rotatable bonds is 1. The molecule has 3 rings (SSSR count). The molecule has 0 saturated heterocycles. The maximum atomic E-state index is 13.5. The molecule has 0 atom stereocenters. The van der Waals surface area contributed by atoms with Crippen LogP contribution in [-0.4, -0.2) is 19.7 Å². The molecular weight excluding hydrogens is 235 g/mol. The number of aryl methyl sites for hydroxylation is 1. The Morgan fingerprint density at radius 3 is 2.94 bits per heavy atom. The number of fused-ring (bicyclic) bond motifs is 1. The lowest BCUT2D eigenvalue weighted by Crippen LogP contribution is -2.13. The van der Waals surface area contributed by atoms with Crippen LogP contribution >= 0.6 is 0 Å². The molecule has 0 saturated carbocycles. The molecule has 0 aliphatic rings. The minimum absolute atomic E-state index is 0.311. The molecule has 0 unspecified atom stereocenters. The van der Waals surface area contributed by atoms with Gasteiger partial charge in [-0.3, -0.25) is 9.97 Å². The zero-order valence-corrected chi connectivity index (χ0v) is 9.51. The third-order valence-corrected chi connectivity index (χ3v) is 2.69. The van der Waals surface area contributed by atoms with Gasteiger partial charge in [-0.15, -0.1) is 0 Å². The van der Waals surface area contributed by atoms with Crippen LogP contribution in [-0.2, 0) is 7.05 Å². The molecule has 0 bridgehead atoms. The molecule has 6 heteroatoms. The standard InChI is InChI=1S/C12H9FN4O/c1-17-12(18)15-11(16-17)9-6-8(13)5-7-3-2-4-14-10(7)9/h2-6H,1H3,(H,15,16,18). The predicted octanol–water partition coefficient (Wildman–Crippen LogP) is 1.46. The average molecular weight is 244 g/mol. The number of aromatic nitrogens is 4. The van der Waals surface area contributed by atoms with E-state index in [4.69, 9.17) is 0 Å². The first-order valence-corrected chi connectivity index (χ1v) is 5.33. The number of H-pyrrole nitrogens is 1. The highest BCUT2D eigenvalue weighted by molar-refractivity contribution is 5.91. The number of nitrogens with zero attached hydrogens (tertiary/aromatic N) is 3. The Labute approximate surface area is 101 Å². The van der Waals surface area contributed by atoms with Crippen LogP contribution in [0.1, 0.15) is 0 Å². The molecule has 2 aromatic heterocycles. The van der Waals surface area contributed by atoms with Crippen LogP contribution in [0.2, 0.25) is 0 Å². The fraction of sp³-hybridized carbons (Fsp3) is 0.0833. The number of hydrogen-bond donors (Lipinski definition) is 1. The van der Waals surface area contributed by atoms with E-state index in [0.29, 0.717) is 22.3 Å². The van der Waals surface area contributed by atoms with Crippen molar-refractivity contribution in [2.75, 3.05) is 0 Å². The Morgan fingerprint density at radius 1 is 1.39 bits per heavy atom. The maximum Gasteiger partial charge on any atom is 0.343 e. The highest BCUT2D eigenvalue weighted by Gasteiger charge is 2.11. The summed E-state index contributed by atoms with van der Waals surface area (Å²) < 4.78 is 14.7. The smallest absolute Gasteiger partial charge is 0.289 e. The van der Waals surface area contributed by atoms with Crippen molar-refractivity contribution in [1.29, 1.82) is 0 Å². The summed E-state index contributed by atoms with van der Waals surface area (Å²) in [7, 11) is 1.53. The van der Waals surface area contributed by atoms with Crippen LogP contribution < -0.4 is 5.69 Å². The van der Waals surface area contributed by atoms with Crippen LogP contribution in [0.15, 0.2) is 35.3 Å². The Morgan fingerprint density at radius 2 is 2.22 bits per heavy atom. The van der Waals surface area contributed by atoms with Gasteiger partial charge in [0, 0.05) is 24.2 Å². The molecule has 2 heterocycles. The SMILES string of the molecule is Cn1nc(-c2cc(F)cc3cccnc23)[nH]c1=O. The first kappa shape index (κ1) is 10.6. The molecule has 18 heavy (non-hydrogen) atoms. The van der Waals surface area contributed by atoms with Gasteiger partial charge in [0.15, 0.2) is 5.82 Å². The highest BCUT2D eigenvalue weighted by atomic mass is 19.1. The van der Waals surface area contributed by atoms with E-state index in [2.05, 4.69) is 15.1 Å². The fourth-order valence-electron chi connectivity index (χ4n) is 1.86. The average Bonchev–Trinajstić information content (AvgIpc) is 2.68. The van der Waals surface area contributed by atoms with Gasteiger partial charge in [-0.05, 0) is 18.2 Å². The van der Waals surface area contributed by atoms with Gasteiger partial charge < -0.3 is 0 Å². The lowest BCUT2D eigenvalue weighted by atomic mass is 10.1. The molecule has 5 nitrogen and oxygen atoms in total. The van der Waals surface area contributed by atoms with Crippen LogP contribution in [0.5, 0.6) is 0 Å². The summed E-state index contributed by atoms with van der Waals surface area (Å²) in [5.74, 6) is -0.0808. The van der Waals surface area contributed by atoms with E-state index in [0.717, 1.165) is 4.68 Å². The van der Waals surface area contributed by atoms with E-state index in [1.165, 1.54) is 19.2 Å². The Hall–Kier alpha value is -2.50. The van der Waals surface area contributed by atoms with Crippen LogP contribution in [0, 0.1) is 5.82 Å². The number of pyridine rings is 1. The molecule has 1 N–H and O–H groups in total. The number of benzene rings is 1. The maximum absolute atomic E-state index is 13.5. The molecular formula is C12H9FN4O. The zero-order valence-electron chi connectivity index (χ0n) is 9.51. The minimum Gasteiger partial charge on any atom is -0.289 e. The third kappa shape index (κ3) is 1.58. The summed E-state index contributed by atoms with van der Waals surface area (Å²) in [5, 5.41) is 4.68. The van der Waals surface area contributed by atoms with Gasteiger partial charge in [0.2, 0.25) is 0 Å². The second-order valence-electron chi connectivity index (χ2n) is 3.93. The Kier molecular flexibility index (Phi) is 2.22. The number of aromatic amines is 1. The summed E-state index contributed by atoms with van der Waals surface area (Å²) >= 11 is 0. The normalized spacial score (nSPS) is 11.0. The van der Waals surface area contributed by atoms with Gasteiger partial charge in [0.05, 0.1) is 5.52 Å². The summed E-state index contributed by atoms with van der Waals surface area (Å²) in [6.07, 6.45) is 1.62. The summed E-state index contributed by atoms with van der Waals surface area (Å²) in [4.78, 5) is 18.1. The van der Waals surface area contributed by atoms with E-state index in [-0.39, 0.29) is 5.69 Å². The van der Waals surface area contributed by atoms with Gasteiger partial charge in [0.1, 0.15) is 5.82 Å². The van der Waals surface area contributed by atoms with Gasteiger partial charge in [0.25, 0.3) is 0 Å². The number of nitrogens with one attached hydrogen (secondary N) is 1. The molecule has 0 aliphatic carbocycles. The van der Waals surface area contributed by atoms with Crippen molar-refractivity contribution in [3.8, 4) is 11.4 Å². The van der Waals surface area contributed by atoms with Crippen LogP contribution in [0.4, 0.5) is 4.39 Å². The summed E-state index contributed by atoms with van der Waals surface area (Å²) in [6.45, 7) is 0. The van der Waals surface area contributed by atoms with Gasteiger partial charge in [-0.1, -0.05) is 6.07 Å². The highest BCUT2D eigenvalue weighted by Crippen LogP contribution is 2.25. The zero-order chi connectivity index (χ0) is 12.7. The quantitative estimate of drug-likeness (QED) is 0.704. The summed E-state index contributed by atoms with van der Waals surface area (Å²) in [6, 6.07) is 6.20. The Bertz CT molecular complexity index is 790. The minimum atomic E-state index is -0.392. The van der Waals surface area contributed by atoms with Crippen molar-refractivity contribution in [3.05, 3.63) is 46.8 Å². The van der Waals surface area contributed by atoms with Gasteiger partial charge >= 0.3 is 5.69 Å². The van der Waals surface area contributed by atoms with E-state index < -0.39 is 5.82 Å². The first-order valence-electron chi connectivity index (χ1n) is 5.33. The molecule has 0 fully saturated rings.